The van der Waals surface area contributed by atoms with Crippen LogP contribution in [-0.4, -0.2) is 64.4 Å². The van der Waals surface area contributed by atoms with E-state index < -0.39 is 22.1 Å². The van der Waals surface area contributed by atoms with Crippen LogP contribution >= 0.6 is 0 Å². The maximum absolute atomic E-state index is 13.2. The number of amides is 1. The first-order valence-corrected chi connectivity index (χ1v) is 12.6. The Bertz CT molecular complexity index is 1170. The Kier molecular flexibility index (Phi) is 6.45. The normalized spacial score (nSPS) is 16.7. The summed E-state index contributed by atoms with van der Waals surface area (Å²) in [7, 11) is -0.851. The second kappa shape index (κ2) is 9.15. The summed E-state index contributed by atoms with van der Waals surface area (Å²) < 4.78 is 32.0. The van der Waals surface area contributed by atoms with Gasteiger partial charge in [0.25, 0.3) is 5.91 Å². The molecule has 0 saturated carbocycles. The summed E-state index contributed by atoms with van der Waals surface area (Å²) >= 11 is 0. The van der Waals surface area contributed by atoms with E-state index in [0.717, 1.165) is 47.9 Å². The van der Waals surface area contributed by atoms with Gasteiger partial charge in [-0.05, 0) is 56.0 Å². The molecule has 2 aromatic rings. The predicted octanol–water partition coefficient (Wildman–Crippen LogP) is 2.67. The van der Waals surface area contributed by atoms with Crippen LogP contribution in [-0.2, 0) is 26.0 Å². The van der Waals surface area contributed by atoms with Crippen molar-refractivity contribution >= 4 is 33.3 Å². The molecule has 2 aromatic carbocycles. The van der Waals surface area contributed by atoms with E-state index in [0.29, 0.717) is 12.2 Å². The SMILES string of the molecule is C[C@@H](OC(=O)c1cc(S(=O)(=O)N(C)C)ccc1N1CCCC1)C(=O)N1CCc2ccccc21. The highest BCUT2D eigenvalue weighted by atomic mass is 32.2. The molecule has 2 heterocycles. The average Bonchev–Trinajstić information content (AvgIpc) is 3.48. The Hall–Kier alpha value is -2.91. The number of anilines is 2. The van der Waals surface area contributed by atoms with Crippen LogP contribution in [0.15, 0.2) is 47.4 Å². The molecule has 0 bridgehead atoms. The van der Waals surface area contributed by atoms with E-state index >= 15 is 0 Å². The third-order valence-electron chi connectivity index (χ3n) is 6.20. The molecule has 0 N–H and O–H groups in total. The smallest absolute Gasteiger partial charge is 0.341 e. The van der Waals surface area contributed by atoms with Gasteiger partial charge in [0.2, 0.25) is 10.0 Å². The zero-order valence-electron chi connectivity index (χ0n) is 19.2. The molecule has 8 nitrogen and oxygen atoms in total. The molecule has 0 spiro atoms. The van der Waals surface area contributed by atoms with E-state index in [2.05, 4.69) is 0 Å². The first-order valence-electron chi connectivity index (χ1n) is 11.1. The molecule has 2 aliphatic rings. The van der Waals surface area contributed by atoms with E-state index in [9.17, 15) is 18.0 Å². The van der Waals surface area contributed by atoms with Crippen molar-refractivity contribution in [3.63, 3.8) is 0 Å². The van der Waals surface area contributed by atoms with E-state index in [1.54, 1.807) is 17.9 Å². The van der Waals surface area contributed by atoms with Gasteiger partial charge in [0.05, 0.1) is 16.1 Å². The summed E-state index contributed by atoms with van der Waals surface area (Å²) in [4.78, 5) is 30.0. The van der Waals surface area contributed by atoms with Crippen molar-refractivity contribution in [3.8, 4) is 0 Å². The minimum absolute atomic E-state index is 0.00912. The van der Waals surface area contributed by atoms with E-state index in [1.165, 1.54) is 26.2 Å². The fourth-order valence-electron chi connectivity index (χ4n) is 4.34. The number of esters is 1. The van der Waals surface area contributed by atoms with Crippen molar-refractivity contribution in [1.82, 2.24) is 4.31 Å². The van der Waals surface area contributed by atoms with Crippen LogP contribution in [0.1, 0.15) is 35.7 Å². The first-order chi connectivity index (χ1) is 15.7. The molecule has 1 atom stereocenters. The maximum Gasteiger partial charge on any atom is 0.341 e. The number of hydrogen-bond acceptors (Lipinski definition) is 6. The summed E-state index contributed by atoms with van der Waals surface area (Å²) in [5, 5.41) is 0. The number of carbonyl (C=O) groups excluding carboxylic acids is 2. The highest BCUT2D eigenvalue weighted by Crippen LogP contribution is 2.31. The molecule has 0 radical (unpaired) electrons. The lowest BCUT2D eigenvalue weighted by Crippen LogP contribution is -2.39. The van der Waals surface area contributed by atoms with Gasteiger partial charge in [0.15, 0.2) is 6.10 Å². The number of hydrogen-bond donors (Lipinski definition) is 0. The number of rotatable bonds is 6. The van der Waals surface area contributed by atoms with Crippen LogP contribution in [0.2, 0.25) is 0 Å². The quantitative estimate of drug-likeness (QED) is 0.602. The highest BCUT2D eigenvalue weighted by molar-refractivity contribution is 7.89. The number of para-hydroxylation sites is 1. The molecule has 176 valence electrons. The molecule has 4 rings (SSSR count). The van der Waals surface area contributed by atoms with Gasteiger partial charge in [-0.25, -0.2) is 17.5 Å². The first kappa shape index (κ1) is 23.3. The number of benzene rings is 2. The van der Waals surface area contributed by atoms with Crippen LogP contribution in [0.25, 0.3) is 0 Å². The maximum atomic E-state index is 13.2. The Morgan fingerprint density at radius 3 is 2.39 bits per heavy atom. The summed E-state index contributed by atoms with van der Waals surface area (Å²) in [6.07, 6.45) is 1.74. The minimum atomic E-state index is -3.73. The van der Waals surface area contributed by atoms with Gasteiger partial charge < -0.3 is 14.5 Å². The van der Waals surface area contributed by atoms with Crippen molar-refractivity contribution in [1.29, 1.82) is 0 Å². The lowest BCUT2D eigenvalue weighted by molar-refractivity contribution is -0.126. The van der Waals surface area contributed by atoms with Crippen LogP contribution in [0.3, 0.4) is 0 Å². The van der Waals surface area contributed by atoms with Crippen LogP contribution in [0, 0.1) is 0 Å². The lowest BCUT2D eigenvalue weighted by Gasteiger charge is -2.24. The number of fused-ring (bicyclic) bond motifs is 1. The zero-order valence-corrected chi connectivity index (χ0v) is 20.0. The fourth-order valence-corrected chi connectivity index (χ4v) is 5.27. The molecule has 0 aliphatic carbocycles. The Labute approximate surface area is 194 Å². The topological polar surface area (TPSA) is 87.2 Å². The van der Waals surface area contributed by atoms with E-state index in [1.807, 2.05) is 29.2 Å². The second-order valence-corrected chi connectivity index (χ2v) is 10.7. The van der Waals surface area contributed by atoms with Crippen LogP contribution < -0.4 is 9.80 Å². The minimum Gasteiger partial charge on any atom is -0.449 e. The van der Waals surface area contributed by atoms with Crippen molar-refractivity contribution in [2.24, 2.45) is 0 Å². The predicted molar refractivity (Wildman–Crippen MR) is 126 cm³/mol. The van der Waals surface area contributed by atoms with E-state index in [4.69, 9.17) is 4.74 Å². The van der Waals surface area contributed by atoms with E-state index in [-0.39, 0.29) is 16.4 Å². The molecule has 1 saturated heterocycles. The third-order valence-corrected chi connectivity index (χ3v) is 8.01. The average molecular weight is 472 g/mol. The molecule has 0 aromatic heterocycles. The van der Waals surface area contributed by atoms with Crippen molar-refractivity contribution in [2.75, 3.05) is 43.5 Å². The summed E-state index contributed by atoms with van der Waals surface area (Å²) in [5.41, 5.74) is 2.70. The van der Waals surface area contributed by atoms with Gasteiger partial charge in [-0.1, -0.05) is 18.2 Å². The van der Waals surface area contributed by atoms with Gasteiger partial charge in [-0.2, -0.15) is 0 Å². The van der Waals surface area contributed by atoms with Crippen molar-refractivity contribution in [3.05, 3.63) is 53.6 Å². The molecule has 0 unspecified atom stereocenters. The van der Waals surface area contributed by atoms with Gasteiger partial charge in [0.1, 0.15) is 0 Å². The lowest BCUT2D eigenvalue weighted by atomic mass is 10.1. The largest absolute Gasteiger partial charge is 0.449 e. The molecule has 9 heteroatoms. The van der Waals surface area contributed by atoms with Crippen molar-refractivity contribution < 1.29 is 22.7 Å². The van der Waals surface area contributed by atoms with Gasteiger partial charge >= 0.3 is 5.97 Å². The second-order valence-electron chi connectivity index (χ2n) is 8.58. The Morgan fingerprint density at radius 2 is 1.70 bits per heavy atom. The summed E-state index contributed by atoms with van der Waals surface area (Å²) in [6, 6.07) is 12.2. The van der Waals surface area contributed by atoms with Gasteiger partial charge in [0, 0.05) is 39.4 Å². The highest BCUT2D eigenvalue weighted by Gasteiger charge is 2.32. The number of sulfonamides is 1. The molecule has 33 heavy (non-hydrogen) atoms. The summed E-state index contributed by atoms with van der Waals surface area (Å²) in [6.45, 7) is 3.64. The standard InChI is InChI=1S/C24H29N3O5S/c1-17(23(28)27-15-12-18-8-4-5-9-21(18)27)32-24(29)20-16-19(33(30,31)25(2)3)10-11-22(20)26-13-6-7-14-26/h4-5,8-11,16-17H,6-7,12-15H2,1-3H3/t17-/m1/s1. The number of nitrogens with zero attached hydrogens (tertiary/aromatic N) is 3. The number of ether oxygens (including phenoxy) is 1. The molecular formula is C24H29N3O5S. The zero-order chi connectivity index (χ0) is 23.8. The number of carbonyl (C=O) groups is 2. The molecule has 1 fully saturated rings. The Balaban J connectivity index is 1.60. The van der Waals surface area contributed by atoms with Crippen LogP contribution in [0.5, 0.6) is 0 Å². The monoisotopic (exact) mass is 471 g/mol. The van der Waals surface area contributed by atoms with Gasteiger partial charge in [-0.15, -0.1) is 0 Å². The molecular weight excluding hydrogens is 442 g/mol. The molecule has 2 aliphatic heterocycles. The van der Waals surface area contributed by atoms with Crippen molar-refractivity contribution in [2.45, 2.75) is 37.2 Å². The van der Waals surface area contributed by atoms with Crippen LogP contribution in [0.4, 0.5) is 11.4 Å². The Morgan fingerprint density at radius 1 is 1.00 bits per heavy atom. The summed E-state index contributed by atoms with van der Waals surface area (Å²) in [5.74, 6) is -1.01. The third kappa shape index (κ3) is 4.47. The van der Waals surface area contributed by atoms with Gasteiger partial charge in [-0.3, -0.25) is 4.79 Å². The fraction of sp³-hybridized carbons (Fsp3) is 0.417. The molecule has 1 amide bonds.